The zero-order valence-corrected chi connectivity index (χ0v) is 24.5. The summed E-state index contributed by atoms with van der Waals surface area (Å²) in [6, 6.07) is 12.2. The Morgan fingerprint density at radius 2 is 1.90 bits per heavy atom. The third kappa shape index (κ3) is 6.74. The molecule has 0 bridgehead atoms. The smallest absolute Gasteiger partial charge is 0.253 e. The molecule has 1 aromatic carbocycles. The molecule has 9 nitrogen and oxygen atoms in total. The molecule has 1 amide bonds. The predicted octanol–water partition coefficient (Wildman–Crippen LogP) is 4.92. The van der Waals surface area contributed by atoms with Crippen molar-refractivity contribution in [3.05, 3.63) is 80.9 Å². The van der Waals surface area contributed by atoms with Gasteiger partial charge >= 0.3 is 0 Å². The molecule has 1 aliphatic carbocycles. The molecule has 216 valence electrons. The van der Waals surface area contributed by atoms with E-state index in [2.05, 4.69) is 34.4 Å². The van der Waals surface area contributed by atoms with Crippen LogP contribution in [0.15, 0.2) is 47.4 Å². The molecular formula is C32H40N6O3. The lowest BCUT2D eigenvalue weighted by Gasteiger charge is -2.14. The van der Waals surface area contributed by atoms with E-state index in [0.717, 1.165) is 65.8 Å². The summed E-state index contributed by atoms with van der Waals surface area (Å²) >= 11 is 0. The second-order valence-electron chi connectivity index (χ2n) is 11.4. The molecule has 0 unspecified atom stereocenters. The Balaban J connectivity index is 1.41. The van der Waals surface area contributed by atoms with Gasteiger partial charge in [-0.15, -0.1) is 0 Å². The quantitative estimate of drug-likeness (QED) is 0.254. The monoisotopic (exact) mass is 556 g/mol. The summed E-state index contributed by atoms with van der Waals surface area (Å²) in [5.41, 5.74) is 5.96. The number of aryl methyl sites for hydroxylation is 2. The molecule has 4 aromatic rings. The molecular weight excluding hydrogens is 516 g/mol. The molecule has 9 heteroatoms. The normalized spacial score (nSPS) is 13.9. The minimum Gasteiger partial charge on any atom is -0.377 e. The summed E-state index contributed by atoms with van der Waals surface area (Å²) in [5, 5.41) is 8.37. The lowest BCUT2D eigenvalue weighted by molar-refractivity contribution is 0.0952. The fourth-order valence-corrected chi connectivity index (χ4v) is 5.58. The third-order valence-electron chi connectivity index (χ3n) is 7.81. The van der Waals surface area contributed by atoms with Crippen LogP contribution in [0.1, 0.15) is 70.9 Å². The van der Waals surface area contributed by atoms with E-state index in [-0.39, 0.29) is 24.1 Å². The maximum atomic E-state index is 13.6. The summed E-state index contributed by atoms with van der Waals surface area (Å²) in [7, 11) is 4.12. The number of ether oxygens (including phenoxy) is 1. The van der Waals surface area contributed by atoms with Gasteiger partial charge in [0.1, 0.15) is 0 Å². The van der Waals surface area contributed by atoms with Crippen molar-refractivity contribution < 1.29 is 9.53 Å². The second kappa shape index (κ2) is 12.8. The number of nitrogens with one attached hydrogen (secondary N) is 2. The van der Waals surface area contributed by atoms with Gasteiger partial charge in [0.15, 0.2) is 5.65 Å². The highest BCUT2D eigenvalue weighted by Crippen LogP contribution is 2.33. The van der Waals surface area contributed by atoms with Gasteiger partial charge in [-0.1, -0.05) is 37.1 Å². The Kier molecular flexibility index (Phi) is 8.95. The Labute approximate surface area is 240 Å². The number of fused-ring (bicyclic) bond motifs is 1. The number of H-pyrrole nitrogens is 1. The van der Waals surface area contributed by atoms with Crippen molar-refractivity contribution in [3.8, 4) is 11.3 Å². The number of pyridine rings is 2. The van der Waals surface area contributed by atoms with E-state index in [0.29, 0.717) is 23.4 Å². The van der Waals surface area contributed by atoms with Crippen LogP contribution in [0.25, 0.3) is 22.3 Å². The predicted molar refractivity (Wildman–Crippen MR) is 161 cm³/mol. The van der Waals surface area contributed by atoms with Crippen LogP contribution < -0.4 is 10.9 Å². The average molecular weight is 557 g/mol. The highest BCUT2D eigenvalue weighted by molar-refractivity contribution is 6.06. The fraction of sp³-hybridized carbons (Fsp3) is 0.438. The summed E-state index contributed by atoms with van der Waals surface area (Å²) in [5.74, 6) is -0.258. The fourth-order valence-electron chi connectivity index (χ4n) is 5.58. The van der Waals surface area contributed by atoms with E-state index >= 15 is 0 Å². The summed E-state index contributed by atoms with van der Waals surface area (Å²) in [6.45, 7) is 6.15. The molecule has 2 N–H and O–H groups in total. The maximum absolute atomic E-state index is 13.6. The topological polar surface area (TPSA) is 105 Å². The van der Waals surface area contributed by atoms with Crippen molar-refractivity contribution in [2.24, 2.45) is 0 Å². The van der Waals surface area contributed by atoms with Crippen molar-refractivity contribution >= 4 is 16.9 Å². The van der Waals surface area contributed by atoms with Gasteiger partial charge in [0.25, 0.3) is 11.5 Å². The SMILES string of the molecule is Cc1cc(C)c(CNC(=O)c2cc(-c3ccc(COCCCN(C)C)cc3)nc3c2cnn3C2CCCC2)c(=O)[nH]1. The molecule has 1 fully saturated rings. The number of benzene rings is 1. The highest BCUT2D eigenvalue weighted by Gasteiger charge is 2.24. The van der Waals surface area contributed by atoms with Crippen LogP contribution in [0.4, 0.5) is 0 Å². The maximum Gasteiger partial charge on any atom is 0.253 e. The van der Waals surface area contributed by atoms with Crippen molar-refractivity contribution in [3.63, 3.8) is 0 Å². The van der Waals surface area contributed by atoms with Crippen LogP contribution in [-0.2, 0) is 17.9 Å². The number of hydrogen-bond acceptors (Lipinski definition) is 6. The molecule has 5 rings (SSSR count). The van der Waals surface area contributed by atoms with Crippen LogP contribution in [0.5, 0.6) is 0 Å². The number of nitrogens with zero attached hydrogens (tertiary/aromatic N) is 4. The van der Waals surface area contributed by atoms with Crippen LogP contribution >= 0.6 is 0 Å². The zero-order chi connectivity index (χ0) is 28.9. The van der Waals surface area contributed by atoms with Gasteiger partial charge in [-0.05, 0) is 77.0 Å². The van der Waals surface area contributed by atoms with Gasteiger partial charge in [0.2, 0.25) is 0 Å². The van der Waals surface area contributed by atoms with Crippen molar-refractivity contribution in [2.45, 2.75) is 65.1 Å². The number of carbonyl (C=O) groups excluding carboxylic acids is 1. The number of amides is 1. The molecule has 3 heterocycles. The van der Waals surface area contributed by atoms with Crippen LogP contribution in [0.2, 0.25) is 0 Å². The van der Waals surface area contributed by atoms with Gasteiger partial charge < -0.3 is 19.9 Å². The largest absolute Gasteiger partial charge is 0.377 e. The number of hydrogen-bond donors (Lipinski definition) is 2. The summed E-state index contributed by atoms with van der Waals surface area (Å²) in [6.07, 6.45) is 7.20. The highest BCUT2D eigenvalue weighted by atomic mass is 16.5. The Hall–Kier alpha value is -3.82. The first kappa shape index (κ1) is 28.7. The molecule has 1 saturated carbocycles. The third-order valence-corrected chi connectivity index (χ3v) is 7.81. The minimum absolute atomic E-state index is 0.138. The van der Waals surface area contributed by atoms with E-state index in [1.807, 2.05) is 54.9 Å². The van der Waals surface area contributed by atoms with Crippen LogP contribution in [0.3, 0.4) is 0 Å². The Morgan fingerprint density at radius 3 is 2.61 bits per heavy atom. The number of aromatic nitrogens is 4. The van der Waals surface area contributed by atoms with Crippen LogP contribution in [-0.4, -0.2) is 57.8 Å². The lowest BCUT2D eigenvalue weighted by Crippen LogP contribution is -2.28. The standard InChI is InChI=1S/C32H40N6O3/c1-21-16-22(2)35-32(40)27(21)18-33-31(39)26-17-29(36-30-28(26)19-34-38(30)25-8-5-6-9-25)24-12-10-23(11-13-24)20-41-15-7-14-37(3)4/h10-13,16-17,19,25H,5-9,14-15,18,20H2,1-4H3,(H,33,39)(H,35,40). The second-order valence-corrected chi connectivity index (χ2v) is 11.4. The van der Waals surface area contributed by atoms with Gasteiger partial charge in [0.05, 0.1) is 35.5 Å². The molecule has 0 saturated heterocycles. The summed E-state index contributed by atoms with van der Waals surface area (Å²) in [4.78, 5) is 36.1. The number of carbonyl (C=O) groups is 1. The summed E-state index contributed by atoms with van der Waals surface area (Å²) < 4.78 is 7.83. The van der Waals surface area contributed by atoms with E-state index in [9.17, 15) is 9.59 Å². The van der Waals surface area contributed by atoms with Crippen molar-refractivity contribution in [1.82, 2.24) is 30.0 Å². The first-order chi connectivity index (χ1) is 19.8. The lowest BCUT2D eigenvalue weighted by atomic mass is 10.0. The number of aromatic amines is 1. The minimum atomic E-state index is -0.258. The molecule has 0 atom stereocenters. The Morgan fingerprint density at radius 1 is 1.15 bits per heavy atom. The van der Waals surface area contributed by atoms with Crippen molar-refractivity contribution in [1.29, 1.82) is 0 Å². The van der Waals surface area contributed by atoms with Gasteiger partial charge in [-0.25, -0.2) is 9.67 Å². The average Bonchev–Trinajstić information content (AvgIpc) is 3.62. The molecule has 0 radical (unpaired) electrons. The number of rotatable bonds is 11. The Bertz CT molecular complexity index is 1570. The van der Waals surface area contributed by atoms with Gasteiger partial charge in [0, 0.05) is 30.0 Å². The molecule has 0 spiro atoms. The van der Waals surface area contributed by atoms with E-state index < -0.39 is 0 Å². The van der Waals surface area contributed by atoms with E-state index in [1.165, 1.54) is 12.8 Å². The van der Waals surface area contributed by atoms with Crippen LogP contribution in [0, 0.1) is 13.8 Å². The first-order valence-electron chi connectivity index (χ1n) is 14.5. The first-order valence-corrected chi connectivity index (χ1v) is 14.5. The van der Waals surface area contributed by atoms with Gasteiger partial charge in [-0.3, -0.25) is 9.59 Å². The van der Waals surface area contributed by atoms with E-state index in [1.54, 1.807) is 6.20 Å². The molecule has 0 aliphatic heterocycles. The molecule has 3 aromatic heterocycles. The zero-order valence-electron chi connectivity index (χ0n) is 24.5. The molecule has 41 heavy (non-hydrogen) atoms. The van der Waals surface area contributed by atoms with Crippen molar-refractivity contribution in [2.75, 3.05) is 27.2 Å². The van der Waals surface area contributed by atoms with Gasteiger partial charge in [-0.2, -0.15) is 5.10 Å². The molecule has 1 aliphatic rings. The van der Waals surface area contributed by atoms with E-state index in [4.69, 9.17) is 9.72 Å².